The summed E-state index contributed by atoms with van der Waals surface area (Å²) >= 11 is 0. The number of hydrogen-bond donors (Lipinski definition) is 1. The van der Waals surface area contributed by atoms with Crippen molar-refractivity contribution in [1.29, 1.82) is 0 Å². The van der Waals surface area contributed by atoms with Gasteiger partial charge in [-0.3, -0.25) is 9.89 Å². The standard InChI is InChI=1S/C21H41N3/c1-2-3-4-5-6-7-8-9-10-11-12-13-14-15-16-21-23-18-20-24(21)19-17-22/h12-13,18,21H,2-11,14-17,19-20,22H2,1H3/b13-12+. The summed E-state index contributed by atoms with van der Waals surface area (Å²) in [6, 6.07) is 0. The molecule has 0 saturated heterocycles. The van der Waals surface area contributed by atoms with Gasteiger partial charge in [0, 0.05) is 25.8 Å². The van der Waals surface area contributed by atoms with Gasteiger partial charge in [0.05, 0.1) is 0 Å². The van der Waals surface area contributed by atoms with Gasteiger partial charge < -0.3 is 5.73 Å². The highest BCUT2D eigenvalue weighted by atomic mass is 15.3. The molecule has 0 aromatic carbocycles. The minimum Gasteiger partial charge on any atom is -0.329 e. The third-order valence-electron chi connectivity index (χ3n) is 4.91. The van der Waals surface area contributed by atoms with Crippen LogP contribution < -0.4 is 5.73 Å². The molecule has 24 heavy (non-hydrogen) atoms. The lowest BCUT2D eigenvalue weighted by Crippen LogP contribution is -2.34. The molecule has 0 aromatic heterocycles. The predicted octanol–water partition coefficient (Wildman–Crippen LogP) is 5.31. The molecule has 0 amide bonds. The molecule has 1 unspecified atom stereocenters. The van der Waals surface area contributed by atoms with Gasteiger partial charge in [0.1, 0.15) is 6.17 Å². The molecule has 140 valence electrons. The molecule has 1 aliphatic rings. The maximum absolute atomic E-state index is 5.64. The van der Waals surface area contributed by atoms with Crippen LogP contribution in [0, 0.1) is 0 Å². The van der Waals surface area contributed by atoms with Gasteiger partial charge in [-0.25, -0.2) is 0 Å². The maximum Gasteiger partial charge on any atom is 0.102 e. The largest absolute Gasteiger partial charge is 0.329 e. The number of aliphatic imine (C=N–C) groups is 1. The topological polar surface area (TPSA) is 41.6 Å². The van der Waals surface area contributed by atoms with Crippen LogP contribution in [0.25, 0.3) is 0 Å². The third-order valence-corrected chi connectivity index (χ3v) is 4.91. The molecular weight excluding hydrogens is 294 g/mol. The van der Waals surface area contributed by atoms with Gasteiger partial charge in [-0.2, -0.15) is 0 Å². The van der Waals surface area contributed by atoms with Crippen LogP contribution in [0.15, 0.2) is 17.1 Å². The summed E-state index contributed by atoms with van der Waals surface area (Å²) in [5.41, 5.74) is 5.64. The molecule has 0 saturated carbocycles. The van der Waals surface area contributed by atoms with E-state index in [1.165, 1.54) is 83.5 Å². The van der Waals surface area contributed by atoms with Crippen LogP contribution in [0.3, 0.4) is 0 Å². The van der Waals surface area contributed by atoms with Crippen molar-refractivity contribution >= 4 is 6.21 Å². The van der Waals surface area contributed by atoms with E-state index in [9.17, 15) is 0 Å². The second kappa shape index (κ2) is 15.8. The molecule has 0 bridgehead atoms. The van der Waals surface area contributed by atoms with Crippen molar-refractivity contribution in [3.8, 4) is 0 Å². The highest BCUT2D eigenvalue weighted by Crippen LogP contribution is 2.14. The van der Waals surface area contributed by atoms with Crippen LogP contribution in [0.4, 0.5) is 0 Å². The fourth-order valence-corrected chi connectivity index (χ4v) is 3.38. The van der Waals surface area contributed by atoms with E-state index in [-0.39, 0.29) is 0 Å². The summed E-state index contributed by atoms with van der Waals surface area (Å²) in [4.78, 5) is 6.94. The molecule has 0 spiro atoms. The Morgan fingerprint density at radius 2 is 1.58 bits per heavy atom. The Hall–Kier alpha value is -0.670. The van der Waals surface area contributed by atoms with Crippen LogP contribution in [0.1, 0.15) is 90.4 Å². The lowest BCUT2D eigenvalue weighted by molar-refractivity contribution is 0.243. The van der Waals surface area contributed by atoms with Gasteiger partial charge in [0.25, 0.3) is 0 Å². The van der Waals surface area contributed by atoms with Crippen molar-refractivity contribution in [3.63, 3.8) is 0 Å². The molecule has 1 heterocycles. The summed E-state index contributed by atoms with van der Waals surface area (Å²) in [6.45, 7) is 4.97. The van der Waals surface area contributed by atoms with Crippen molar-refractivity contribution in [2.45, 2.75) is 96.6 Å². The molecule has 1 atom stereocenters. The zero-order valence-electron chi connectivity index (χ0n) is 16.1. The SMILES string of the molecule is CCCCCCCCCCC/C=C/CCCC1N=CCN1CCN. The Morgan fingerprint density at radius 1 is 0.958 bits per heavy atom. The van der Waals surface area contributed by atoms with Crippen LogP contribution in [0.5, 0.6) is 0 Å². The summed E-state index contributed by atoms with van der Waals surface area (Å²) in [7, 11) is 0. The van der Waals surface area contributed by atoms with E-state index in [0.717, 1.165) is 19.6 Å². The van der Waals surface area contributed by atoms with E-state index >= 15 is 0 Å². The van der Waals surface area contributed by atoms with Crippen molar-refractivity contribution in [1.82, 2.24) is 4.90 Å². The first-order valence-corrected chi connectivity index (χ1v) is 10.5. The molecule has 1 rings (SSSR count). The molecule has 2 N–H and O–H groups in total. The Balaban J connectivity index is 1.84. The quantitative estimate of drug-likeness (QED) is 0.307. The molecule has 0 aliphatic carbocycles. The van der Waals surface area contributed by atoms with Crippen LogP contribution in [-0.2, 0) is 0 Å². The second-order valence-corrected chi connectivity index (χ2v) is 7.12. The highest BCUT2D eigenvalue weighted by Gasteiger charge is 2.18. The zero-order chi connectivity index (χ0) is 17.3. The predicted molar refractivity (Wildman–Crippen MR) is 108 cm³/mol. The summed E-state index contributed by atoms with van der Waals surface area (Å²) in [5.74, 6) is 0. The van der Waals surface area contributed by atoms with Gasteiger partial charge in [-0.1, -0.05) is 70.4 Å². The first-order valence-electron chi connectivity index (χ1n) is 10.5. The van der Waals surface area contributed by atoms with Gasteiger partial charge in [0.2, 0.25) is 0 Å². The average Bonchev–Trinajstić information content (AvgIpc) is 3.03. The summed E-state index contributed by atoms with van der Waals surface area (Å²) < 4.78 is 0. The van der Waals surface area contributed by atoms with Crippen molar-refractivity contribution in [3.05, 3.63) is 12.2 Å². The van der Waals surface area contributed by atoms with Gasteiger partial charge in [0.15, 0.2) is 0 Å². The third kappa shape index (κ3) is 11.0. The Bertz CT molecular complexity index is 325. The smallest absolute Gasteiger partial charge is 0.102 e. The first-order chi connectivity index (χ1) is 11.9. The summed E-state index contributed by atoms with van der Waals surface area (Å²) in [6.07, 6.45) is 24.8. The number of unbranched alkanes of at least 4 members (excludes halogenated alkanes) is 10. The normalized spacial score (nSPS) is 18.2. The lowest BCUT2D eigenvalue weighted by Gasteiger charge is -2.21. The van der Waals surface area contributed by atoms with E-state index in [2.05, 4.69) is 29.0 Å². The van der Waals surface area contributed by atoms with Crippen molar-refractivity contribution in [2.75, 3.05) is 19.6 Å². The minimum absolute atomic E-state index is 0.388. The van der Waals surface area contributed by atoms with Crippen molar-refractivity contribution in [2.24, 2.45) is 10.7 Å². The minimum atomic E-state index is 0.388. The van der Waals surface area contributed by atoms with Gasteiger partial charge in [-0.15, -0.1) is 0 Å². The Labute approximate surface area is 150 Å². The molecular formula is C21H41N3. The highest BCUT2D eigenvalue weighted by molar-refractivity contribution is 5.62. The number of nitrogens with two attached hydrogens (primary N) is 1. The van der Waals surface area contributed by atoms with E-state index in [0.29, 0.717) is 6.17 Å². The van der Waals surface area contributed by atoms with Crippen LogP contribution in [-0.4, -0.2) is 36.9 Å². The molecule has 0 aromatic rings. The van der Waals surface area contributed by atoms with Crippen molar-refractivity contribution < 1.29 is 0 Å². The maximum atomic E-state index is 5.64. The van der Waals surface area contributed by atoms with E-state index in [1.807, 2.05) is 6.21 Å². The van der Waals surface area contributed by atoms with E-state index < -0.39 is 0 Å². The van der Waals surface area contributed by atoms with Gasteiger partial charge >= 0.3 is 0 Å². The Kier molecular flexibility index (Phi) is 14.1. The fraction of sp³-hybridized carbons (Fsp3) is 0.857. The van der Waals surface area contributed by atoms with Gasteiger partial charge in [-0.05, 0) is 32.1 Å². The molecule has 1 aliphatic heterocycles. The fourth-order valence-electron chi connectivity index (χ4n) is 3.38. The number of hydrogen-bond acceptors (Lipinski definition) is 3. The average molecular weight is 336 g/mol. The van der Waals surface area contributed by atoms with E-state index in [1.54, 1.807) is 0 Å². The van der Waals surface area contributed by atoms with Crippen LogP contribution >= 0.6 is 0 Å². The number of rotatable bonds is 16. The number of allylic oxidation sites excluding steroid dienone is 2. The monoisotopic (exact) mass is 335 g/mol. The van der Waals surface area contributed by atoms with E-state index in [4.69, 9.17) is 5.73 Å². The Morgan fingerprint density at radius 3 is 2.25 bits per heavy atom. The number of nitrogens with zero attached hydrogens (tertiary/aromatic N) is 2. The zero-order valence-corrected chi connectivity index (χ0v) is 16.1. The lowest BCUT2D eigenvalue weighted by atomic mass is 10.1. The molecule has 3 heteroatoms. The molecule has 0 fully saturated rings. The first kappa shape index (κ1) is 21.4. The summed E-state index contributed by atoms with van der Waals surface area (Å²) in [5, 5.41) is 0. The van der Waals surface area contributed by atoms with Crippen LogP contribution in [0.2, 0.25) is 0 Å². The second-order valence-electron chi connectivity index (χ2n) is 7.12. The molecule has 3 nitrogen and oxygen atoms in total. The molecule has 0 radical (unpaired) electrons.